The molecule has 122 valence electrons. The number of sulfonamides is 1. The second-order valence-electron chi connectivity index (χ2n) is 4.89. The molecule has 2 aromatic rings. The van der Waals surface area contributed by atoms with Crippen molar-refractivity contribution in [3.8, 4) is 0 Å². The van der Waals surface area contributed by atoms with Gasteiger partial charge in [-0.25, -0.2) is 18.5 Å². The number of aromatic nitrogens is 2. The van der Waals surface area contributed by atoms with Crippen LogP contribution in [0.25, 0.3) is 0 Å². The third-order valence-electron chi connectivity index (χ3n) is 3.10. The van der Waals surface area contributed by atoms with Crippen molar-refractivity contribution in [2.75, 3.05) is 6.54 Å². The zero-order valence-electron chi connectivity index (χ0n) is 12.4. The molecule has 3 N–H and O–H groups in total. The molecule has 0 spiro atoms. The lowest BCUT2D eigenvalue weighted by molar-refractivity contribution is 0.0952. The molecule has 0 atom stereocenters. The maximum Gasteiger partial charge on any atom is 0.253 e. The number of nitrogens with one attached hydrogen (secondary N) is 1. The van der Waals surface area contributed by atoms with E-state index in [2.05, 4.69) is 10.3 Å². The maximum absolute atomic E-state index is 11.9. The fourth-order valence-corrected chi connectivity index (χ4v) is 2.39. The minimum Gasteiger partial charge on any atom is -0.350 e. The first kappa shape index (κ1) is 16.8. The molecular weight excluding hydrogens is 320 g/mol. The molecule has 8 nitrogen and oxygen atoms in total. The third-order valence-corrected chi connectivity index (χ3v) is 4.03. The number of carbonyl (C=O) groups is 1. The Bertz CT molecular complexity index is 872. The first-order valence-corrected chi connectivity index (χ1v) is 8.26. The highest BCUT2D eigenvalue weighted by molar-refractivity contribution is 7.89. The Labute approximate surface area is 133 Å². The number of amides is 1. The molecule has 23 heavy (non-hydrogen) atoms. The molecule has 1 heterocycles. The fourth-order valence-electron chi connectivity index (χ4n) is 1.87. The van der Waals surface area contributed by atoms with E-state index in [4.69, 9.17) is 5.14 Å². The Morgan fingerprint density at radius 1 is 1.30 bits per heavy atom. The quantitative estimate of drug-likeness (QED) is 0.771. The van der Waals surface area contributed by atoms with Crippen LogP contribution in [-0.2, 0) is 16.6 Å². The van der Waals surface area contributed by atoms with Crippen LogP contribution in [0.3, 0.4) is 0 Å². The van der Waals surface area contributed by atoms with E-state index >= 15 is 0 Å². The SMILES string of the molecule is Cc1cc(=O)n(CCNC(=O)c2ccc(S(N)(=O)=O)cc2)cn1. The van der Waals surface area contributed by atoms with Crippen molar-refractivity contribution in [3.05, 3.63) is 58.3 Å². The summed E-state index contributed by atoms with van der Waals surface area (Å²) in [7, 11) is -3.78. The van der Waals surface area contributed by atoms with Crippen LogP contribution in [0.1, 0.15) is 16.1 Å². The number of benzene rings is 1. The molecule has 9 heteroatoms. The molecule has 0 aliphatic carbocycles. The van der Waals surface area contributed by atoms with Crippen LogP contribution >= 0.6 is 0 Å². The van der Waals surface area contributed by atoms with Gasteiger partial charge in [0.25, 0.3) is 11.5 Å². The van der Waals surface area contributed by atoms with Gasteiger partial charge in [0.2, 0.25) is 10.0 Å². The molecule has 0 unspecified atom stereocenters. The lowest BCUT2D eigenvalue weighted by Gasteiger charge is -2.08. The third kappa shape index (κ3) is 4.47. The average Bonchev–Trinajstić information content (AvgIpc) is 2.48. The Balaban J connectivity index is 1.96. The molecular formula is C14H16N4O4S. The number of hydrogen-bond acceptors (Lipinski definition) is 5. The summed E-state index contributed by atoms with van der Waals surface area (Å²) in [6.45, 7) is 2.24. The molecule has 1 amide bonds. The molecule has 1 aromatic carbocycles. The van der Waals surface area contributed by atoms with Crippen molar-refractivity contribution in [1.29, 1.82) is 0 Å². The van der Waals surface area contributed by atoms with E-state index in [0.29, 0.717) is 11.3 Å². The molecule has 0 radical (unpaired) electrons. The van der Waals surface area contributed by atoms with Crippen LogP contribution in [0.5, 0.6) is 0 Å². The number of rotatable bonds is 5. The van der Waals surface area contributed by atoms with E-state index in [1.54, 1.807) is 6.92 Å². The molecule has 1 aromatic heterocycles. The maximum atomic E-state index is 11.9. The average molecular weight is 336 g/mol. The number of carbonyl (C=O) groups excluding carboxylic acids is 1. The summed E-state index contributed by atoms with van der Waals surface area (Å²) in [6.07, 6.45) is 1.42. The van der Waals surface area contributed by atoms with Gasteiger partial charge in [-0.2, -0.15) is 0 Å². The monoisotopic (exact) mass is 336 g/mol. The van der Waals surface area contributed by atoms with Crippen molar-refractivity contribution in [2.24, 2.45) is 5.14 Å². The number of nitrogens with zero attached hydrogens (tertiary/aromatic N) is 2. The minimum atomic E-state index is -3.78. The Hall–Kier alpha value is -2.52. The summed E-state index contributed by atoms with van der Waals surface area (Å²) in [6, 6.07) is 6.68. The Kier molecular flexibility index (Phi) is 4.92. The summed E-state index contributed by atoms with van der Waals surface area (Å²) >= 11 is 0. The summed E-state index contributed by atoms with van der Waals surface area (Å²) in [5.74, 6) is -0.376. The second kappa shape index (κ2) is 6.71. The van der Waals surface area contributed by atoms with Gasteiger partial charge in [0.1, 0.15) is 0 Å². The number of primary sulfonamides is 1. The van der Waals surface area contributed by atoms with Crippen molar-refractivity contribution in [3.63, 3.8) is 0 Å². The van der Waals surface area contributed by atoms with Gasteiger partial charge >= 0.3 is 0 Å². The summed E-state index contributed by atoms with van der Waals surface area (Å²) in [4.78, 5) is 27.5. The van der Waals surface area contributed by atoms with Crippen molar-refractivity contribution in [1.82, 2.24) is 14.9 Å². The highest BCUT2D eigenvalue weighted by Gasteiger charge is 2.10. The van der Waals surface area contributed by atoms with Gasteiger partial charge in [-0.15, -0.1) is 0 Å². The number of hydrogen-bond donors (Lipinski definition) is 2. The summed E-state index contributed by atoms with van der Waals surface area (Å²) < 4.78 is 23.7. The molecule has 0 aliphatic heterocycles. The first-order valence-electron chi connectivity index (χ1n) is 6.71. The molecule has 0 aliphatic rings. The van der Waals surface area contributed by atoms with Crippen molar-refractivity contribution in [2.45, 2.75) is 18.4 Å². The molecule has 0 bridgehead atoms. The predicted molar refractivity (Wildman–Crippen MR) is 83.4 cm³/mol. The smallest absolute Gasteiger partial charge is 0.253 e. The Morgan fingerprint density at radius 2 is 1.96 bits per heavy atom. The highest BCUT2D eigenvalue weighted by atomic mass is 32.2. The van der Waals surface area contributed by atoms with E-state index in [1.807, 2.05) is 0 Å². The topological polar surface area (TPSA) is 124 Å². The van der Waals surface area contributed by atoms with Crippen LogP contribution < -0.4 is 16.0 Å². The van der Waals surface area contributed by atoms with Crippen LogP contribution in [0.2, 0.25) is 0 Å². The van der Waals surface area contributed by atoms with Gasteiger partial charge in [-0.05, 0) is 31.2 Å². The number of nitrogens with two attached hydrogens (primary N) is 1. The van der Waals surface area contributed by atoms with Gasteiger partial charge in [-0.1, -0.05) is 0 Å². The molecule has 0 saturated heterocycles. The van der Waals surface area contributed by atoms with E-state index in [9.17, 15) is 18.0 Å². The van der Waals surface area contributed by atoms with Crippen LogP contribution in [0.15, 0.2) is 46.3 Å². The van der Waals surface area contributed by atoms with E-state index in [0.717, 1.165) is 0 Å². The highest BCUT2D eigenvalue weighted by Crippen LogP contribution is 2.08. The number of aryl methyl sites for hydroxylation is 1. The largest absolute Gasteiger partial charge is 0.350 e. The van der Waals surface area contributed by atoms with Gasteiger partial charge < -0.3 is 5.32 Å². The first-order chi connectivity index (χ1) is 10.8. The van der Waals surface area contributed by atoms with Crippen LogP contribution in [-0.4, -0.2) is 30.4 Å². The van der Waals surface area contributed by atoms with Crippen LogP contribution in [0, 0.1) is 6.92 Å². The lowest BCUT2D eigenvalue weighted by atomic mass is 10.2. The lowest BCUT2D eigenvalue weighted by Crippen LogP contribution is -2.30. The summed E-state index contributed by atoms with van der Waals surface area (Å²) in [5, 5.41) is 7.63. The van der Waals surface area contributed by atoms with Crippen molar-refractivity contribution < 1.29 is 13.2 Å². The van der Waals surface area contributed by atoms with Crippen LogP contribution in [0.4, 0.5) is 0 Å². The van der Waals surface area contributed by atoms with Gasteiger partial charge in [0.05, 0.1) is 11.2 Å². The molecule has 0 fully saturated rings. The van der Waals surface area contributed by atoms with E-state index in [1.165, 1.54) is 41.2 Å². The van der Waals surface area contributed by atoms with Gasteiger partial charge in [0.15, 0.2) is 0 Å². The predicted octanol–water partition coefficient (Wildman–Crippen LogP) is -0.371. The Morgan fingerprint density at radius 3 is 2.52 bits per heavy atom. The molecule has 0 saturated carbocycles. The van der Waals surface area contributed by atoms with Gasteiger partial charge in [0, 0.05) is 30.4 Å². The zero-order chi connectivity index (χ0) is 17.0. The van der Waals surface area contributed by atoms with E-state index in [-0.39, 0.29) is 29.5 Å². The zero-order valence-corrected chi connectivity index (χ0v) is 13.2. The van der Waals surface area contributed by atoms with E-state index < -0.39 is 10.0 Å². The normalized spacial score (nSPS) is 11.2. The standard InChI is InChI=1S/C14H16N4O4S/c1-10-8-13(19)18(9-17-10)7-6-16-14(20)11-2-4-12(5-3-11)23(15,21)22/h2-5,8-9H,6-7H2,1H3,(H,16,20)(H2,15,21,22). The second-order valence-corrected chi connectivity index (χ2v) is 6.45. The molecule has 2 rings (SSSR count). The van der Waals surface area contributed by atoms with Gasteiger partial charge in [-0.3, -0.25) is 14.2 Å². The van der Waals surface area contributed by atoms with Crippen molar-refractivity contribution >= 4 is 15.9 Å². The summed E-state index contributed by atoms with van der Waals surface area (Å²) in [5.41, 5.74) is 0.737. The minimum absolute atomic E-state index is 0.0636. The fraction of sp³-hybridized carbons (Fsp3) is 0.214.